The minimum atomic E-state index is -0.368. The Morgan fingerprint density at radius 1 is 0.346 bits per heavy atom. The average molecular weight is 1120 g/mol. The van der Waals surface area contributed by atoms with Gasteiger partial charge in [-0.2, -0.15) is 0 Å². The molecule has 0 aromatic carbocycles. The van der Waals surface area contributed by atoms with Gasteiger partial charge in [0.2, 0.25) is 23.6 Å². The first-order valence-corrected chi connectivity index (χ1v) is 26.7. The topological polar surface area (TPSA) is 359 Å². The van der Waals surface area contributed by atoms with Crippen LogP contribution < -0.4 is 27.0 Å². The molecule has 27 heteroatoms. The number of Topliss-reactive ketones (excluding diaryl/α,β-unsaturated/α-hetero) is 2. The summed E-state index contributed by atoms with van der Waals surface area (Å²) in [5, 5.41) is 38.3. The molecule has 0 saturated heterocycles. The van der Waals surface area contributed by atoms with Crippen molar-refractivity contribution in [2.45, 2.75) is 91.4 Å². The van der Waals surface area contributed by atoms with Gasteiger partial charge in [-0.25, -0.2) is 0 Å². The van der Waals surface area contributed by atoms with Crippen molar-refractivity contribution in [3.8, 4) is 0 Å². The number of carbonyl (C=O) groups is 10. The fourth-order valence-corrected chi connectivity index (χ4v) is 6.71. The molecule has 9 N–H and O–H groups in total. The summed E-state index contributed by atoms with van der Waals surface area (Å²) < 4.78 is 18.5. The Kier molecular flexibility index (Phi) is 53.0. The highest BCUT2D eigenvalue weighted by Gasteiger charge is 2.16. The second kappa shape index (κ2) is 53.7. The third kappa shape index (κ3) is 51.5. The van der Waals surface area contributed by atoms with E-state index in [0.717, 1.165) is 6.42 Å². The number of methoxy groups -OCH3 is 4. The standard InChI is InChI=1S/C28H51N5O10.C13H28N4O3.C10H19NO4/c1-23(35)5-13-31(16-8-26(38)41-2)19-11-29-24(36)6-14-33(21-22-34)15-7-25(37)30-12-20-32(17-9-27(39)42-3)18-10-28(40)43-4;1-2-6-15-12(19)3-8-17(10-11-18)9-4-13(20)16-7-5-14;1-9(13)3-5-11(7-8-12)6-4-10(14)15-2/h34H,5-22H2,1-4H3,(H,29,36)(H,30,37);18H,2-11,14H2,1H3,(H,15,19)(H,16,20);12H,3-8H2,1-2H3. The summed E-state index contributed by atoms with van der Waals surface area (Å²) in [6.07, 6.45) is 3.55. The maximum atomic E-state index is 12.4. The zero-order valence-electron chi connectivity index (χ0n) is 47.9. The molecule has 0 radical (unpaired) electrons. The third-order valence-electron chi connectivity index (χ3n) is 11.4. The average Bonchev–Trinajstić information content (AvgIpc) is 3.42. The van der Waals surface area contributed by atoms with E-state index in [0.29, 0.717) is 157 Å². The number of esters is 4. The van der Waals surface area contributed by atoms with Crippen LogP contribution >= 0.6 is 0 Å². The van der Waals surface area contributed by atoms with E-state index < -0.39 is 0 Å². The number of nitrogens with zero attached hydrogens (tertiary/aromatic N) is 5. The summed E-state index contributed by atoms with van der Waals surface area (Å²) in [7, 11) is 5.27. The molecule has 0 bridgehead atoms. The molecule has 0 heterocycles. The van der Waals surface area contributed by atoms with Gasteiger partial charge < -0.3 is 85.8 Å². The predicted molar refractivity (Wildman–Crippen MR) is 290 cm³/mol. The zero-order valence-corrected chi connectivity index (χ0v) is 47.9. The van der Waals surface area contributed by atoms with E-state index in [1.807, 2.05) is 31.4 Å². The Bertz CT molecular complexity index is 1620. The van der Waals surface area contributed by atoms with Crippen molar-refractivity contribution in [1.29, 1.82) is 0 Å². The molecule has 0 unspecified atom stereocenters. The minimum absolute atomic E-state index is 0.00220. The predicted octanol–water partition coefficient (Wildman–Crippen LogP) is -2.95. The molecule has 0 fully saturated rings. The van der Waals surface area contributed by atoms with E-state index in [9.17, 15) is 53.1 Å². The van der Waals surface area contributed by atoms with Crippen LogP contribution in [-0.2, 0) is 66.9 Å². The fourth-order valence-electron chi connectivity index (χ4n) is 6.71. The molecule has 0 aliphatic carbocycles. The van der Waals surface area contributed by atoms with Gasteiger partial charge in [0.05, 0.1) is 73.9 Å². The number of hydrogen-bond acceptors (Lipinski definition) is 23. The number of carbonyl (C=O) groups excluding carboxylic acids is 10. The van der Waals surface area contributed by atoms with Crippen LogP contribution in [0.3, 0.4) is 0 Å². The number of aliphatic hydroxyl groups is 3. The number of aliphatic hydroxyl groups excluding tert-OH is 3. The number of nitrogens with two attached hydrogens (primary N) is 1. The van der Waals surface area contributed by atoms with E-state index in [1.54, 1.807) is 0 Å². The van der Waals surface area contributed by atoms with Gasteiger partial charge >= 0.3 is 23.9 Å². The van der Waals surface area contributed by atoms with Crippen LogP contribution in [0.15, 0.2) is 0 Å². The van der Waals surface area contributed by atoms with Gasteiger partial charge in [0.25, 0.3) is 0 Å². The van der Waals surface area contributed by atoms with Gasteiger partial charge in [0.15, 0.2) is 0 Å². The Labute approximate surface area is 462 Å². The summed E-state index contributed by atoms with van der Waals surface area (Å²) in [5.74, 6) is -1.66. The summed E-state index contributed by atoms with van der Waals surface area (Å²) >= 11 is 0. The molecule has 78 heavy (non-hydrogen) atoms. The lowest BCUT2D eigenvalue weighted by Gasteiger charge is -2.23. The van der Waals surface area contributed by atoms with E-state index in [-0.39, 0.29) is 117 Å². The first-order chi connectivity index (χ1) is 37.3. The lowest BCUT2D eigenvalue weighted by Crippen LogP contribution is -2.40. The van der Waals surface area contributed by atoms with E-state index in [4.69, 9.17) is 15.9 Å². The molecule has 0 aromatic heterocycles. The molecule has 27 nitrogen and oxygen atoms in total. The molecule has 0 atom stereocenters. The smallest absolute Gasteiger partial charge is 0.306 e. The molecule has 0 aliphatic heterocycles. The Balaban J connectivity index is -0.00000131. The second-order valence-electron chi connectivity index (χ2n) is 17.8. The lowest BCUT2D eigenvalue weighted by atomic mass is 10.2. The Morgan fingerprint density at radius 3 is 0.808 bits per heavy atom. The monoisotopic (exact) mass is 1120 g/mol. The van der Waals surface area contributed by atoms with Crippen LogP contribution in [0.2, 0.25) is 0 Å². The van der Waals surface area contributed by atoms with Crippen molar-refractivity contribution < 1.29 is 82.2 Å². The highest BCUT2D eigenvalue weighted by atomic mass is 16.5. The minimum Gasteiger partial charge on any atom is -0.469 e. The van der Waals surface area contributed by atoms with E-state index in [2.05, 4.69) is 40.2 Å². The largest absolute Gasteiger partial charge is 0.469 e. The highest BCUT2D eigenvalue weighted by Crippen LogP contribution is 2.01. The highest BCUT2D eigenvalue weighted by molar-refractivity contribution is 5.78. The Hall–Kier alpha value is -5.26. The molecule has 0 aliphatic rings. The second-order valence-corrected chi connectivity index (χ2v) is 17.8. The summed E-state index contributed by atoms with van der Waals surface area (Å²) in [4.78, 5) is 125. The third-order valence-corrected chi connectivity index (χ3v) is 11.4. The van der Waals surface area contributed by atoms with Crippen molar-refractivity contribution in [2.75, 3.05) is 179 Å². The molecule has 0 saturated carbocycles. The number of nitrogens with one attached hydrogen (secondary N) is 4. The molecule has 454 valence electrons. The van der Waals surface area contributed by atoms with Gasteiger partial charge in [-0.15, -0.1) is 0 Å². The lowest BCUT2D eigenvalue weighted by molar-refractivity contribution is -0.142. The van der Waals surface area contributed by atoms with Crippen molar-refractivity contribution in [2.24, 2.45) is 5.73 Å². The van der Waals surface area contributed by atoms with Crippen LogP contribution in [0.25, 0.3) is 0 Å². The number of amides is 4. The van der Waals surface area contributed by atoms with Gasteiger partial charge in [0.1, 0.15) is 11.6 Å². The maximum Gasteiger partial charge on any atom is 0.306 e. The van der Waals surface area contributed by atoms with Gasteiger partial charge in [-0.1, -0.05) is 6.92 Å². The summed E-state index contributed by atoms with van der Waals surface area (Å²) in [6.45, 7) is 13.8. The SMILES string of the molecule is CCCNC(=O)CCN(CCO)CCC(=O)NCCN.COC(=O)CCN(CCNC(=O)CCN(CCO)CCC(=O)NCCN(CCC(=O)OC)CCC(=O)OC)CCC(C)=O.COC(=O)CCN(CCO)CCC(C)=O. The van der Waals surface area contributed by atoms with Crippen LogP contribution in [0, 0.1) is 0 Å². The van der Waals surface area contributed by atoms with Crippen molar-refractivity contribution >= 4 is 59.1 Å². The number of hydrogen-bond donors (Lipinski definition) is 8. The van der Waals surface area contributed by atoms with Gasteiger partial charge in [-0.3, -0.25) is 47.9 Å². The number of rotatable bonds is 46. The molecule has 4 amide bonds. The normalized spacial score (nSPS) is 10.8. The van der Waals surface area contributed by atoms with Gasteiger partial charge in [0, 0.05) is 169 Å². The first-order valence-electron chi connectivity index (χ1n) is 26.7. The molecule has 0 aromatic rings. The maximum absolute atomic E-state index is 12.4. The molecule has 0 spiro atoms. The van der Waals surface area contributed by atoms with Crippen LogP contribution in [-0.4, -0.2) is 278 Å². The number of ketones is 2. The van der Waals surface area contributed by atoms with E-state index >= 15 is 0 Å². The Morgan fingerprint density at radius 2 is 0.577 bits per heavy atom. The first kappa shape index (κ1) is 77.0. The van der Waals surface area contributed by atoms with Gasteiger partial charge in [-0.05, 0) is 20.3 Å². The summed E-state index contributed by atoms with van der Waals surface area (Å²) in [5.41, 5.74) is 5.30. The quantitative estimate of drug-likeness (QED) is 0.0223. The van der Waals surface area contributed by atoms with Crippen molar-refractivity contribution in [3.63, 3.8) is 0 Å². The fraction of sp³-hybridized carbons (Fsp3) is 0.804. The summed E-state index contributed by atoms with van der Waals surface area (Å²) in [6, 6.07) is 0. The van der Waals surface area contributed by atoms with Crippen LogP contribution in [0.4, 0.5) is 0 Å². The zero-order chi connectivity index (χ0) is 59.4. The molecular formula is C51H98N10O17. The molecular weight excluding hydrogens is 1020 g/mol. The van der Waals surface area contributed by atoms with Crippen molar-refractivity contribution in [3.05, 3.63) is 0 Å². The van der Waals surface area contributed by atoms with Crippen LogP contribution in [0.1, 0.15) is 91.4 Å². The number of ether oxygens (including phenoxy) is 4. The van der Waals surface area contributed by atoms with Crippen LogP contribution in [0.5, 0.6) is 0 Å². The van der Waals surface area contributed by atoms with Crippen molar-refractivity contribution in [1.82, 2.24) is 45.8 Å². The molecule has 0 rings (SSSR count). The van der Waals surface area contributed by atoms with E-state index in [1.165, 1.54) is 42.3 Å².